The van der Waals surface area contributed by atoms with Gasteiger partial charge in [-0.3, -0.25) is 14.4 Å². The average Bonchev–Trinajstić information content (AvgIpc) is 3.15. The predicted octanol–water partition coefficient (Wildman–Crippen LogP) is 3.73. The molecule has 7 heteroatoms. The highest BCUT2D eigenvalue weighted by Crippen LogP contribution is 2.27. The van der Waals surface area contributed by atoms with E-state index in [0.29, 0.717) is 16.8 Å². The molecule has 0 aromatic heterocycles. The standard InChI is InChI=1S/C25H27NO6/c1-15(2)31-24(29)19-9-11-21(12-10-19)26-14-20(13-22(26)27)25(30)32-17(4)23(28)18-7-5-16(3)6-8-18/h5-12,15,17,20H,13-14H2,1-4H3/t17-,20-/m0/s1. The molecule has 2 aromatic rings. The van der Waals surface area contributed by atoms with E-state index in [1.54, 1.807) is 50.2 Å². The molecule has 0 unspecified atom stereocenters. The Balaban J connectivity index is 1.61. The number of carbonyl (C=O) groups is 4. The summed E-state index contributed by atoms with van der Waals surface area (Å²) >= 11 is 0. The molecule has 1 heterocycles. The number of esters is 2. The van der Waals surface area contributed by atoms with E-state index in [1.165, 1.54) is 11.8 Å². The normalized spacial score (nSPS) is 16.7. The Morgan fingerprint density at radius 2 is 1.50 bits per heavy atom. The molecule has 1 amide bonds. The zero-order valence-electron chi connectivity index (χ0n) is 18.7. The molecule has 0 aliphatic carbocycles. The molecule has 0 bridgehead atoms. The average molecular weight is 437 g/mol. The van der Waals surface area contributed by atoms with E-state index in [4.69, 9.17) is 9.47 Å². The first-order chi connectivity index (χ1) is 15.2. The van der Waals surface area contributed by atoms with Gasteiger partial charge in [-0.1, -0.05) is 29.8 Å². The third-order valence-corrected chi connectivity index (χ3v) is 5.21. The maximum atomic E-state index is 12.6. The van der Waals surface area contributed by atoms with E-state index in [-0.39, 0.29) is 30.8 Å². The molecule has 0 radical (unpaired) electrons. The highest BCUT2D eigenvalue weighted by molar-refractivity contribution is 6.02. The van der Waals surface area contributed by atoms with Gasteiger partial charge in [-0.2, -0.15) is 0 Å². The molecular formula is C25H27NO6. The molecule has 32 heavy (non-hydrogen) atoms. The Morgan fingerprint density at radius 1 is 0.906 bits per heavy atom. The fourth-order valence-electron chi connectivity index (χ4n) is 3.45. The van der Waals surface area contributed by atoms with E-state index >= 15 is 0 Å². The van der Waals surface area contributed by atoms with Crippen LogP contribution in [0.4, 0.5) is 5.69 Å². The van der Waals surface area contributed by atoms with Crippen LogP contribution < -0.4 is 4.90 Å². The second kappa shape index (κ2) is 9.77. The van der Waals surface area contributed by atoms with Crippen LogP contribution in [-0.4, -0.2) is 42.4 Å². The molecule has 0 saturated carbocycles. The molecule has 0 spiro atoms. The van der Waals surface area contributed by atoms with Gasteiger partial charge in [0.25, 0.3) is 0 Å². The smallest absolute Gasteiger partial charge is 0.338 e. The Hall–Kier alpha value is -3.48. The summed E-state index contributed by atoms with van der Waals surface area (Å²) < 4.78 is 10.5. The summed E-state index contributed by atoms with van der Waals surface area (Å²) in [4.78, 5) is 51.1. The van der Waals surface area contributed by atoms with Crippen molar-refractivity contribution in [1.29, 1.82) is 0 Å². The van der Waals surface area contributed by atoms with Crippen LogP contribution in [-0.2, 0) is 19.1 Å². The highest BCUT2D eigenvalue weighted by Gasteiger charge is 2.37. The van der Waals surface area contributed by atoms with E-state index in [1.807, 2.05) is 19.1 Å². The molecule has 168 valence electrons. The van der Waals surface area contributed by atoms with Crippen LogP contribution in [0.3, 0.4) is 0 Å². The number of rotatable bonds is 7. The molecule has 2 atom stereocenters. The van der Waals surface area contributed by atoms with Crippen molar-refractivity contribution in [3.63, 3.8) is 0 Å². The minimum atomic E-state index is -0.944. The van der Waals surface area contributed by atoms with Gasteiger partial charge in [-0.25, -0.2) is 4.79 Å². The van der Waals surface area contributed by atoms with Gasteiger partial charge in [0.2, 0.25) is 11.7 Å². The number of hydrogen-bond acceptors (Lipinski definition) is 6. The first-order valence-corrected chi connectivity index (χ1v) is 10.6. The second-order valence-corrected chi connectivity index (χ2v) is 8.22. The monoisotopic (exact) mass is 437 g/mol. The number of nitrogens with zero attached hydrogens (tertiary/aromatic N) is 1. The maximum Gasteiger partial charge on any atom is 0.338 e. The quantitative estimate of drug-likeness (QED) is 0.484. The van der Waals surface area contributed by atoms with Gasteiger partial charge in [0, 0.05) is 24.2 Å². The number of ketones is 1. The van der Waals surface area contributed by atoms with Crippen LogP contribution in [0.1, 0.15) is 53.5 Å². The summed E-state index contributed by atoms with van der Waals surface area (Å²) in [7, 11) is 0. The van der Waals surface area contributed by atoms with Crippen molar-refractivity contribution in [1.82, 2.24) is 0 Å². The van der Waals surface area contributed by atoms with Gasteiger partial charge in [0.1, 0.15) is 0 Å². The van der Waals surface area contributed by atoms with Crippen molar-refractivity contribution in [2.75, 3.05) is 11.4 Å². The number of aryl methyl sites for hydroxylation is 1. The number of amides is 1. The SMILES string of the molecule is Cc1ccc(C(=O)[C@H](C)OC(=O)[C@H]2CC(=O)N(c3ccc(C(=O)OC(C)C)cc3)C2)cc1. The lowest BCUT2D eigenvalue weighted by molar-refractivity contribution is -0.151. The number of anilines is 1. The Labute approximate surface area is 187 Å². The Bertz CT molecular complexity index is 1010. The summed E-state index contributed by atoms with van der Waals surface area (Å²) in [6, 6.07) is 13.5. The van der Waals surface area contributed by atoms with Gasteiger partial charge < -0.3 is 14.4 Å². The van der Waals surface area contributed by atoms with E-state index in [2.05, 4.69) is 0 Å². The molecule has 3 rings (SSSR count). The molecule has 2 aromatic carbocycles. The third kappa shape index (κ3) is 5.41. The highest BCUT2D eigenvalue weighted by atomic mass is 16.5. The summed E-state index contributed by atoms with van der Waals surface area (Å²) in [5.41, 5.74) is 2.46. The number of carbonyl (C=O) groups excluding carboxylic acids is 4. The molecule has 1 aliphatic rings. The fraction of sp³-hybridized carbons (Fsp3) is 0.360. The summed E-state index contributed by atoms with van der Waals surface area (Å²) in [5, 5.41) is 0. The Kier molecular flexibility index (Phi) is 7.08. The van der Waals surface area contributed by atoms with Crippen molar-refractivity contribution in [3.05, 3.63) is 65.2 Å². The number of hydrogen-bond donors (Lipinski definition) is 0. The van der Waals surface area contributed by atoms with E-state index in [0.717, 1.165) is 5.56 Å². The predicted molar refractivity (Wildman–Crippen MR) is 119 cm³/mol. The van der Waals surface area contributed by atoms with Crippen molar-refractivity contribution in [2.45, 2.75) is 46.3 Å². The third-order valence-electron chi connectivity index (χ3n) is 5.21. The van der Waals surface area contributed by atoms with Crippen LogP contribution in [0.15, 0.2) is 48.5 Å². The van der Waals surface area contributed by atoms with Crippen molar-refractivity contribution < 1.29 is 28.7 Å². The lowest BCUT2D eigenvalue weighted by Crippen LogP contribution is -2.30. The maximum absolute atomic E-state index is 12.6. The molecule has 1 fully saturated rings. The largest absolute Gasteiger partial charge is 0.459 e. The topological polar surface area (TPSA) is 90.0 Å². The summed E-state index contributed by atoms with van der Waals surface area (Å²) in [5.74, 6) is -2.19. The number of benzene rings is 2. The minimum Gasteiger partial charge on any atom is -0.459 e. The molecule has 7 nitrogen and oxygen atoms in total. The number of ether oxygens (including phenoxy) is 2. The van der Waals surface area contributed by atoms with Crippen LogP contribution >= 0.6 is 0 Å². The van der Waals surface area contributed by atoms with Crippen LogP contribution in [0.25, 0.3) is 0 Å². The lowest BCUT2D eigenvalue weighted by atomic mass is 10.1. The zero-order valence-corrected chi connectivity index (χ0v) is 18.7. The molecule has 1 saturated heterocycles. The van der Waals surface area contributed by atoms with Crippen LogP contribution in [0.2, 0.25) is 0 Å². The van der Waals surface area contributed by atoms with Crippen molar-refractivity contribution >= 4 is 29.3 Å². The zero-order chi connectivity index (χ0) is 23.4. The minimum absolute atomic E-state index is 0.00141. The Morgan fingerprint density at radius 3 is 2.09 bits per heavy atom. The summed E-state index contributed by atoms with van der Waals surface area (Å²) in [6.45, 7) is 7.14. The first-order valence-electron chi connectivity index (χ1n) is 10.6. The summed E-state index contributed by atoms with van der Waals surface area (Å²) in [6.07, 6.45) is -1.17. The fourth-order valence-corrected chi connectivity index (χ4v) is 3.45. The van der Waals surface area contributed by atoms with Crippen molar-refractivity contribution in [2.24, 2.45) is 5.92 Å². The first kappa shape index (κ1) is 23.2. The van der Waals surface area contributed by atoms with Gasteiger partial charge in [-0.05, 0) is 52.0 Å². The number of Topliss-reactive ketones (excluding diaryl/α,β-unsaturated/α-hetero) is 1. The lowest BCUT2D eigenvalue weighted by Gasteiger charge is -2.18. The van der Waals surface area contributed by atoms with Crippen molar-refractivity contribution in [3.8, 4) is 0 Å². The van der Waals surface area contributed by atoms with Crippen LogP contribution in [0, 0.1) is 12.8 Å². The van der Waals surface area contributed by atoms with Gasteiger partial charge in [0.15, 0.2) is 6.10 Å². The van der Waals surface area contributed by atoms with Gasteiger partial charge >= 0.3 is 11.9 Å². The van der Waals surface area contributed by atoms with E-state index < -0.39 is 24.0 Å². The van der Waals surface area contributed by atoms with Crippen LogP contribution in [0.5, 0.6) is 0 Å². The molecular weight excluding hydrogens is 410 g/mol. The molecule has 1 aliphatic heterocycles. The second-order valence-electron chi connectivity index (χ2n) is 8.22. The van der Waals surface area contributed by atoms with Gasteiger partial charge in [-0.15, -0.1) is 0 Å². The van der Waals surface area contributed by atoms with E-state index in [9.17, 15) is 19.2 Å². The molecule has 0 N–H and O–H groups in total. The van der Waals surface area contributed by atoms with Gasteiger partial charge in [0.05, 0.1) is 17.6 Å².